The monoisotopic (exact) mass is 340 g/mol. The summed E-state index contributed by atoms with van der Waals surface area (Å²) in [6.07, 6.45) is 5.76. The maximum absolute atomic E-state index is 12.8. The number of hydrogen-bond donors (Lipinski definition) is 1. The number of carbonyl (C=O) groups is 1. The zero-order chi connectivity index (χ0) is 17.1. The van der Waals surface area contributed by atoms with E-state index in [1.807, 2.05) is 47.4 Å². The van der Waals surface area contributed by atoms with Gasteiger partial charge < -0.3 is 19.4 Å². The molecule has 1 aromatic carbocycles. The Morgan fingerprint density at radius 2 is 1.88 bits per heavy atom. The van der Waals surface area contributed by atoms with Gasteiger partial charge in [-0.25, -0.2) is 4.79 Å². The fourth-order valence-corrected chi connectivity index (χ4v) is 3.90. The van der Waals surface area contributed by atoms with E-state index < -0.39 is 0 Å². The number of carbonyl (C=O) groups excluding carboxylic acids is 1. The summed E-state index contributed by atoms with van der Waals surface area (Å²) in [4.78, 5) is 14.7. The second-order valence-corrected chi connectivity index (χ2v) is 6.93. The zero-order valence-electron chi connectivity index (χ0n) is 14.3. The summed E-state index contributed by atoms with van der Waals surface area (Å²) in [7, 11) is 0. The number of rotatable bonds is 3. The minimum absolute atomic E-state index is 0.0244. The molecule has 1 atom stereocenters. The molecule has 0 bridgehead atoms. The Hall–Kier alpha value is -2.27. The van der Waals surface area contributed by atoms with Crippen molar-refractivity contribution in [1.82, 2.24) is 10.2 Å². The molecular formula is C20H24N2O3. The molecule has 5 heteroatoms. The Labute approximate surface area is 148 Å². The van der Waals surface area contributed by atoms with Crippen molar-refractivity contribution in [2.75, 3.05) is 19.7 Å². The first-order chi connectivity index (χ1) is 12.3. The SMILES string of the molecule is O=C(NC(c1ccccc1)c1ccco1)N1CCC2(CCCO2)CC1. The van der Waals surface area contributed by atoms with E-state index in [9.17, 15) is 4.79 Å². The highest BCUT2D eigenvalue weighted by molar-refractivity contribution is 5.75. The second kappa shape index (κ2) is 6.92. The highest BCUT2D eigenvalue weighted by atomic mass is 16.5. The average molecular weight is 340 g/mol. The van der Waals surface area contributed by atoms with E-state index in [-0.39, 0.29) is 17.7 Å². The highest BCUT2D eigenvalue weighted by Gasteiger charge is 2.39. The number of nitrogens with one attached hydrogen (secondary N) is 1. The highest BCUT2D eigenvalue weighted by Crippen LogP contribution is 2.35. The molecule has 2 fully saturated rings. The molecule has 0 saturated carbocycles. The van der Waals surface area contributed by atoms with Gasteiger partial charge >= 0.3 is 6.03 Å². The van der Waals surface area contributed by atoms with Crippen LogP contribution in [0, 0.1) is 0 Å². The topological polar surface area (TPSA) is 54.7 Å². The van der Waals surface area contributed by atoms with Gasteiger partial charge in [0, 0.05) is 19.7 Å². The third-order valence-corrected chi connectivity index (χ3v) is 5.38. The maximum atomic E-state index is 12.8. The number of benzene rings is 1. The summed E-state index contributed by atoms with van der Waals surface area (Å²) < 4.78 is 11.5. The zero-order valence-corrected chi connectivity index (χ0v) is 14.3. The predicted octanol–water partition coefficient (Wildman–Crippen LogP) is 3.72. The molecule has 2 saturated heterocycles. The Morgan fingerprint density at radius 1 is 1.08 bits per heavy atom. The van der Waals surface area contributed by atoms with Crippen molar-refractivity contribution < 1.29 is 13.9 Å². The van der Waals surface area contributed by atoms with Crippen LogP contribution in [-0.4, -0.2) is 36.2 Å². The molecule has 1 N–H and O–H groups in total. The first-order valence-corrected chi connectivity index (χ1v) is 9.04. The number of likely N-dealkylation sites (tertiary alicyclic amines) is 1. The van der Waals surface area contributed by atoms with Gasteiger partial charge in [-0.3, -0.25) is 0 Å². The second-order valence-electron chi connectivity index (χ2n) is 6.93. The van der Waals surface area contributed by atoms with E-state index in [2.05, 4.69) is 5.32 Å². The molecule has 1 aromatic heterocycles. The van der Waals surface area contributed by atoms with Gasteiger partial charge in [0.15, 0.2) is 0 Å². The van der Waals surface area contributed by atoms with Crippen LogP contribution in [0.15, 0.2) is 53.1 Å². The van der Waals surface area contributed by atoms with Gasteiger partial charge in [0.25, 0.3) is 0 Å². The predicted molar refractivity (Wildman–Crippen MR) is 94.2 cm³/mol. The quantitative estimate of drug-likeness (QED) is 0.926. The number of amides is 2. The third kappa shape index (κ3) is 3.42. The van der Waals surface area contributed by atoms with Crippen LogP contribution in [0.4, 0.5) is 4.79 Å². The fraction of sp³-hybridized carbons (Fsp3) is 0.450. The molecule has 0 radical (unpaired) electrons. The number of piperidine rings is 1. The Morgan fingerprint density at radius 3 is 2.52 bits per heavy atom. The fourth-order valence-electron chi connectivity index (χ4n) is 3.90. The lowest BCUT2D eigenvalue weighted by Gasteiger charge is -2.39. The van der Waals surface area contributed by atoms with Gasteiger partial charge in [-0.2, -0.15) is 0 Å². The summed E-state index contributed by atoms with van der Waals surface area (Å²) in [6.45, 7) is 2.35. The summed E-state index contributed by atoms with van der Waals surface area (Å²) in [5, 5.41) is 3.14. The van der Waals surface area contributed by atoms with Crippen LogP contribution in [0.25, 0.3) is 0 Å². The van der Waals surface area contributed by atoms with Crippen molar-refractivity contribution in [2.45, 2.75) is 37.3 Å². The Kier molecular flexibility index (Phi) is 4.49. The van der Waals surface area contributed by atoms with Gasteiger partial charge in [-0.15, -0.1) is 0 Å². The molecule has 0 aliphatic carbocycles. The standard InChI is InChI=1S/C20H24N2O3/c23-19(22-12-10-20(11-13-22)9-5-15-25-20)21-18(17-8-4-14-24-17)16-6-2-1-3-7-16/h1-4,6-8,14,18H,5,9-13,15H2,(H,21,23). The Balaban J connectivity index is 1.44. The lowest BCUT2D eigenvalue weighted by molar-refractivity contribution is -0.0362. The van der Waals surface area contributed by atoms with Crippen molar-refractivity contribution in [3.05, 3.63) is 60.1 Å². The van der Waals surface area contributed by atoms with Crippen molar-refractivity contribution in [2.24, 2.45) is 0 Å². The van der Waals surface area contributed by atoms with E-state index in [0.29, 0.717) is 0 Å². The minimum Gasteiger partial charge on any atom is -0.467 e. The van der Waals surface area contributed by atoms with E-state index in [1.165, 1.54) is 0 Å². The normalized spacial score (nSPS) is 20.6. The van der Waals surface area contributed by atoms with Gasteiger partial charge in [-0.05, 0) is 43.4 Å². The molecule has 1 spiro atoms. The molecule has 5 nitrogen and oxygen atoms in total. The maximum Gasteiger partial charge on any atom is 0.318 e. The lowest BCUT2D eigenvalue weighted by Crippen LogP contribution is -2.50. The first-order valence-electron chi connectivity index (χ1n) is 9.04. The van der Waals surface area contributed by atoms with Gasteiger partial charge in [0.1, 0.15) is 11.8 Å². The van der Waals surface area contributed by atoms with Crippen molar-refractivity contribution in [1.29, 1.82) is 0 Å². The van der Waals surface area contributed by atoms with Crippen LogP contribution in [-0.2, 0) is 4.74 Å². The van der Waals surface area contributed by atoms with Crippen LogP contribution in [0.1, 0.15) is 43.0 Å². The number of urea groups is 1. The number of nitrogens with zero attached hydrogens (tertiary/aromatic N) is 1. The minimum atomic E-state index is -0.276. The molecule has 2 aromatic rings. The molecule has 2 aliphatic heterocycles. The van der Waals surface area contributed by atoms with Crippen LogP contribution in [0.2, 0.25) is 0 Å². The third-order valence-electron chi connectivity index (χ3n) is 5.38. The van der Waals surface area contributed by atoms with Crippen molar-refractivity contribution in [3.8, 4) is 0 Å². The largest absolute Gasteiger partial charge is 0.467 e. The molecule has 25 heavy (non-hydrogen) atoms. The summed E-state index contributed by atoms with van der Waals surface area (Å²) >= 11 is 0. The van der Waals surface area contributed by atoms with Crippen molar-refractivity contribution in [3.63, 3.8) is 0 Å². The summed E-state index contributed by atoms with van der Waals surface area (Å²) in [5.41, 5.74) is 1.04. The van der Waals surface area contributed by atoms with Crippen molar-refractivity contribution >= 4 is 6.03 Å². The van der Waals surface area contributed by atoms with Gasteiger partial charge in [-0.1, -0.05) is 30.3 Å². The molecule has 3 heterocycles. The van der Waals surface area contributed by atoms with Gasteiger partial charge in [0.2, 0.25) is 0 Å². The van der Waals surface area contributed by atoms with E-state index in [4.69, 9.17) is 9.15 Å². The van der Waals surface area contributed by atoms with E-state index in [1.54, 1.807) is 6.26 Å². The number of furan rings is 1. The number of hydrogen-bond acceptors (Lipinski definition) is 3. The van der Waals surface area contributed by atoms with Crippen LogP contribution in [0.5, 0.6) is 0 Å². The summed E-state index contributed by atoms with van der Waals surface area (Å²) in [5.74, 6) is 0.743. The molecule has 1 unspecified atom stereocenters. The molecule has 2 aliphatic rings. The van der Waals surface area contributed by atoms with Crippen LogP contribution in [0.3, 0.4) is 0 Å². The molecular weight excluding hydrogens is 316 g/mol. The van der Waals surface area contributed by atoms with Crippen LogP contribution < -0.4 is 5.32 Å². The smallest absolute Gasteiger partial charge is 0.318 e. The molecule has 4 rings (SSSR count). The van der Waals surface area contributed by atoms with Gasteiger partial charge in [0.05, 0.1) is 11.9 Å². The van der Waals surface area contributed by atoms with E-state index in [0.717, 1.165) is 56.7 Å². The molecule has 2 amide bonds. The Bertz CT molecular complexity index is 683. The number of ether oxygens (including phenoxy) is 1. The lowest BCUT2D eigenvalue weighted by atomic mass is 9.89. The van der Waals surface area contributed by atoms with E-state index >= 15 is 0 Å². The average Bonchev–Trinajstić information content (AvgIpc) is 3.33. The summed E-state index contributed by atoms with van der Waals surface area (Å²) in [6, 6.07) is 13.3. The first kappa shape index (κ1) is 16.2. The molecule has 132 valence electrons. The van der Waals surface area contributed by atoms with Crippen LogP contribution >= 0.6 is 0 Å².